The zero-order valence-corrected chi connectivity index (χ0v) is 33.5. The van der Waals surface area contributed by atoms with Gasteiger partial charge in [-0.05, 0) is 63.3 Å². The van der Waals surface area contributed by atoms with Gasteiger partial charge in [0.1, 0.15) is 5.58 Å². The molecule has 52 heavy (non-hydrogen) atoms. The molecule has 5 aromatic carbocycles. The van der Waals surface area contributed by atoms with Crippen LogP contribution < -0.4 is 5.19 Å². The van der Waals surface area contributed by atoms with Crippen molar-refractivity contribution < 1.29 is 27.3 Å². The summed E-state index contributed by atoms with van der Waals surface area (Å²) >= 11 is 0. The molecule has 3 nitrogen and oxygen atoms in total. The molecule has 0 saturated carbocycles. The van der Waals surface area contributed by atoms with Crippen LogP contribution >= 0.6 is 0 Å². The fraction of sp³-hybridized carbons (Fsp3) is 0.149. The van der Waals surface area contributed by atoms with E-state index in [9.17, 15) is 0 Å². The second kappa shape index (κ2) is 16.2. The Morgan fingerprint density at radius 1 is 0.673 bits per heavy atom. The molecule has 0 fully saturated rings. The zero-order chi connectivity index (χ0) is 37.2. The predicted molar refractivity (Wildman–Crippen MR) is 217 cm³/mol. The first-order valence-corrected chi connectivity index (χ1v) is 20.9. The molecule has 8 aromatic rings. The van der Waals surface area contributed by atoms with E-state index in [-0.39, 0.29) is 26.0 Å². The SMILES string of the molecule is C[Si](C)(C)c1ccc(-c2[c-]cccc2)nc1.[2H]C([2H])(c1ccnc(-c2[c-]ccc3c2oc2cc(-c4ccc(-c5ccccc5)cc4)ccc23)c1)C(C)C.[Ir]. The Bertz CT molecular complexity index is 2480. The van der Waals surface area contributed by atoms with Crippen LogP contribution in [0.3, 0.4) is 0 Å². The third-order valence-corrected chi connectivity index (χ3v) is 10.9. The van der Waals surface area contributed by atoms with Crippen LogP contribution in [0.2, 0.25) is 19.6 Å². The average molecular weight is 873 g/mol. The Kier molecular flexibility index (Phi) is 10.6. The van der Waals surface area contributed by atoms with E-state index < -0.39 is 14.4 Å². The summed E-state index contributed by atoms with van der Waals surface area (Å²) in [4.78, 5) is 9.06. The molecule has 0 unspecified atom stereocenters. The maximum atomic E-state index is 8.50. The second-order valence-electron chi connectivity index (χ2n) is 14.0. The molecule has 261 valence electrons. The molecule has 3 heterocycles. The molecule has 0 spiro atoms. The van der Waals surface area contributed by atoms with Crippen LogP contribution in [0.25, 0.3) is 66.7 Å². The third-order valence-electron chi connectivity index (χ3n) is 8.84. The van der Waals surface area contributed by atoms with Gasteiger partial charge in [-0.1, -0.05) is 135 Å². The van der Waals surface area contributed by atoms with E-state index in [0.29, 0.717) is 16.8 Å². The molecule has 5 heteroatoms. The van der Waals surface area contributed by atoms with Gasteiger partial charge in [0, 0.05) is 40.6 Å². The van der Waals surface area contributed by atoms with Crippen molar-refractivity contribution in [1.82, 2.24) is 9.97 Å². The summed E-state index contributed by atoms with van der Waals surface area (Å²) in [5, 5.41) is 3.42. The van der Waals surface area contributed by atoms with Gasteiger partial charge in [0.15, 0.2) is 0 Å². The van der Waals surface area contributed by atoms with Gasteiger partial charge in [0.05, 0.1) is 13.7 Å². The number of furan rings is 1. The summed E-state index contributed by atoms with van der Waals surface area (Å²) < 4.78 is 23.4. The smallest absolute Gasteiger partial charge is 0.121 e. The molecule has 0 bridgehead atoms. The van der Waals surface area contributed by atoms with Crippen molar-refractivity contribution in [3.05, 3.63) is 164 Å². The number of pyridine rings is 2. The van der Waals surface area contributed by atoms with Crippen LogP contribution in [0.4, 0.5) is 0 Å². The third kappa shape index (κ3) is 8.40. The van der Waals surface area contributed by atoms with E-state index in [1.54, 1.807) is 12.3 Å². The van der Waals surface area contributed by atoms with E-state index in [4.69, 9.17) is 7.16 Å². The van der Waals surface area contributed by atoms with Crippen LogP contribution in [0.15, 0.2) is 150 Å². The van der Waals surface area contributed by atoms with Gasteiger partial charge in [0.2, 0.25) is 0 Å². The predicted octanol–water partition coefficient (Wildman–Crippen LogP) is 12.1. The number of hydrogen-bond donors (Lipinski definition) is 0. The first-order valence-electron chi connectivity index (χ1n) is 18.4. The van der Waals surface area contributed by atoms with Crippen LogP contribution in [0.5, 0.6) is 0 Å². The largest absolute Gasteiger partial charge is 0.501 e. The van der Waals surface area contributed by atoms with Gasteiger partial charge >= 0.3 is 0 Å². The molecule has 0 aliphatic heterocycles. The molecule has 0 N–H and O–H groups in total. The Balaban J connectivity index is 0.000000246. The molecule has 0 atom stereocenters. The fourth-order valence-electron chi connectivity index (χ4n) is 6.14. The fourth-order valence-corrected chi connectivity index (χ4v) is 7.17. The monoisotopic (exact) mass is 873 g/mol. The van der Waals surface area contributed by atoms with Gasteiger partial charge in [0.25, 0.3) is 0 Å². The van der Waals surface area contributed by atoms with Crippen molar-refractivity contribution >= 4 is 35.2 Å². The van der Waals surface area contributed by atoms with Gasteiger partial charge in [-0.25, -0.2) is 0 Å². The standard InChI is InChI=1S/C33H26NO.C14H16NSi.Ir/c1-22(2)19-23-17-18-34-31(20-23)30-10-6-9-29-28-16-15-27(21-32(28)35-33(29)30)26-13-11-25(12-14-26)24-7-4-3-5-8-24;1-16(2,3)13-9-10-14(15-11-13)12-7-5-4-6-8-12;/h3-9,11-18,20-22H,19H2,1-2H3;4-7,9-11H,1-3H3;/q2*-1;/i19D2;;. The Hall–Kier alpha value is -4.93. The van der Waals surface area contributed by atoms with Crippen LogP contribution in [-0.2, 0) is 26.5 Å². The molecule has 8 rings (SSSR count). The van der Waals surface area contributed by atoms with Crippen molar-refractivity contribution in [1.29, 1.82) is 0 Å². The molecule has 0 amide bonds. The molecular formula is C47H42IrN2OSi-2. The van der Waals surface area contributed by atoms with Gasteiger partial charge in [-0.15, -0.1) is 54.1 Å². The van der Waals surface area contributed by atoms with Crippen molar-refractivity contribution in [2.75, 3.05) is 0 Å². The van der Waals surface area contributed by atoms with E-state index in [1.807, 2.05) is 68.6 Å². The van der Waals surface area contributed by atoms with E-state index in [2.05, 4.69) is 121 Å². The van der Waals surface area contributed by atoms with Crippen molar-refractivity contribution in [2.24, 2.45) is 5.92 Å². The summed E-state index contributed by atoms with van der Waals surface area (Å²) in [5.41, 5.74) is 10.2. The van der Waals surface area contributed by atoms with Crippen LogP contribution in [0.1, 0.15) is 22.2 Å². The van der Waals surface area contributed by atoms with Crippen molar-refractivity contribution in [3.8, 4) is 44.8 Å². The summed E-state index contributed by atoms with van der Waals surface area (Å²) in [6, 6.07) is 51.4. The maximum Gasteiger partial charge on any atom is 0.121 e. The number of fused-ring (bicyclic) bond motifs is 3. The van der Waals surface area contributed by atoms with Crippen molar-refractivity contribution in [2.45, 2.75) is 39.9 Å². The van der Waals surface area contributed by atoms with Gasteiger partial charge in [-0.3, -0.25) is 0 Å². The molecule has 3 aromatic heterocycles. The Labute approximate surface area is 325 Å². The average Bonchev–Trinajstić information content (AvgIpc) is 3.57. The zero-order valence-electron chi connectivity index (χ0n) is 32.1. The topological polar surface area (TPSA) is 38.9 Å². The van der Waals surface area contributed by atoms with E-state index in [0.717, 1.165) is 44.3 Å². The van der Waals surface area contributed by atoms with E-state index >= 15 is 0 Å². The first-order chi connectivity index (χ1) is 25.5. The summed E-state index contributed by atoms with van der Waals surface area (Å²) in [7, 11) is -1.23. The minimum Gasteiger partial charge on any atom is -0.501 e. The molecule has 0 aliphatic rings. The van der Waals surface area contributed by atoms with Crippen LogP contribution in [-0.4, -0.2) is 18.0 Å². The van der Waals surface area contributed by atoms with Gasteiger partial charge < -0.3 is 14.4 Å². The number of hydrogen-bond acceptors (Lipinski definition) is 3. The Morgan fingerprint density at radius 2 is 1.38 bits per heavy atom. The number of nitrogens with zero attached hydrogens (tertiary/aromatic N) is 2. The normalized spacial score (nSPS) is 12.1. The Morgan fingerprint density at radius 3 is 2.06 bits per heavy atom. The number of rotatable bonds is 7. The van der Waals surface area contributed by atoms with Crippen LogP contribution in [0, 0.1) is 18.1 Å². The minimum absolute atomic E-state index is 0. The molecule has 0 aliphatic carbocycles. The summed E-state index contributed by atoms with van der Waals surface area (Å²) in [5.74, 6) is -0.158. The summed E-state index contributed by atoms with van der Waals surface area (Å²) in [6.45, 7) is 10.8. The molecular weight excluding hydrogens is 829 g/mol. The maximum absolute atomic E-state index is 8.50. The minimum atomic E-state index is -1.45. The first kappa shape index (κ1) is 34.2. The van der Waals surface area contributed by atoms with Gasteiger partial charge in [-0.2, -0.15) is 0 Å². The molecule has 1 radical (unpaired) electrons. The quantitative estimate of drug-likeness (QED) is 0.118. The number of benzene rings is 5. The molecule has 0 saturated heterocycles. The van der Waals surface area contributed by atoms with Crippen molar-refractivity contribution in [3.63, 3.8) is 0 Å². The number of aromatic nitrogens is 2. The second-order valence-corrected chi connectivity index (χ2v) is 19.1. The summed E-state index contributed by atoms with van der Waals surface area (Å²) in [6.07, 6.45) is 2.23. The van der Waals surface area contributed by atoms with E-state index in [1.165, 1.54) is 16.3 Å².